The average Bonchev–Trinajstić information content (AvgIpc) is 2.76. The molecule has 0 aliphatic carbocycles. The Bertz CT molecular complexity index is 541. The van der Waals surface area contributed by atoms with E-state index in [1.807, 2.05) is 18.2 Å². The van der Waals surface area contributed by atoms with Gasteiger partial charge in [0.25, 0.3) is 0 Å². The Kier molecular flexibility index (Phi) is 2.97. The van der Waals surface area contributed by atoms with Gasteiger partial charge in [-0.25, -0.2) is 0 Å². The third-order valence-electron chi connectivity index (χ3n) is 3.60. The highest BCUT2D eigenvalue weighted by molar-refractivity contribution is 5.88. The van der Waals surface area contributed by atoms with E-state index in [4.69, 9.17) is 10.2 Å². The molecule has 0 unspecified atom stereocenters. The molecule has 1 aromatic heterocycles. The summed E-state index contributed by atoms with van der Waals surface area (Å²) in [7, 11) is 2.17. The summed E-state index contributed by atoms with van der Waals surface area (Å²) in [5.41, 5.74) is 7.45. The molecule has 0 radical (unpaired) electrons. The van der Waals surface area contributed by atoms with Gasteiger partial charge in [-0.1, -0.05) is 12.1 Å². The summed E-state index contributed by atoms with van der Waals surface area (Å²) < 4.78 is 5.85. The maximum atomic E-state index is 5.91. The predicted molar refractivity (Wildman–Crippen MR) is 73.4 cm³/mol. The Hall–Kier alpha value is -1.52. The van der Waals surface area contributed by atoms with E-state index in [2.05, 4.69) is 22.9 Å². The number of nitrogens with two attached hydrogens (primary N) is 1. The lowest BCUT2D eigenvalue weighted by atomic mass is 10.2. The average molecular weight is 245 g/mol. The van der Waals surface area contributed by atoms with E-state index in [0.29, 0.717) is 0 Å². The van der Waals surface area contributed by atoms with Gasteiger partial charge in [0.1, 0.15) is 5.76 Å². The largest absolute Gasteiger partial charge is 0.458 e. The van der Waals surface area contributed by atoms with Gasteiger partial charge < -0.3 is 15.1 Å². The van der Waals surface area contributed by atoms with E-state index in [0.717, 1.165) is 55.1 Å². The fraction of sp³-hybridized carbons (Fsp3) is 0.429. The van der Waals surface area contributed by atoms with Gasteiger partial charge in [-0.2, -0.15) is 0 Å². The fourth-order valence-corrected chi connectivity index (χ4v) is 2.44. The second-order valence-corrected chi connectivity index (χ2v) is 5.06. The predicted octanol–water partition coefficient (Wildman–Crippen LogP) is 1.76. The zero-order valence-corrected chi connectivity index (χ0v) is 10.7. The lowest BCUT2D eigenvalue weighted by Crippen LogP contribution is -2.43. The number of nitrogens with zero attached hydrogens (tertiary/aromatic N) is 2. The summed E-state index contributed by atoms with van der Waals surface area (Å²) in [6.45, 7) is 5.33. The monoisotopic (exact) mass is 245 g/mol. The van der Waals surface area contributed by atoms with Crippen molar-refractivity contribution < 1.29 is 4.42 Å². The van der Waals surface area contributed by atoms with Crippen molar-refractivity contribution in [1.82, 2.24) is 9.80 Å². The smallest absolute Gasteiger partial charge is 0.157 e. The number of likely N-dealkylation sites (N-methyl/N-ethyl adjacent to an activating group) is 1. The van der Waals surface area contributed by atoms with Gasteiger partial charge in [0.15, 0.2) is 5.58 Å². The molecule has 1 aliphatic heterocycles. The molecular formula is C14H19N3O. The van der Waals surface area contributed by atoms with Gasteiger partial charge in [-0.3, -0.25) is 4.90 Å². The molecule has 0 atom stereocenters. The molecule has 3 rings (SSSR count). The molecule has 1 fully saturated rings. The summed E-state index contributed by atoms with van der Waals surface area (Å²) >= 11 is 0. The van der Waals surface area contributed by atoms with Crippen molar-refractivity contribution in [3.05, 3.63) is 30.0 Å². The number of anilines is 1. The first kappa shape index (κ1) is 11.6. The number of rotatable bonds is 2. The van der Waals surface area contributed by atoms with E-state index >= 15 is 0 Å². The zero-order valence-electron chi connectivity index (χ0n) is 10.7. The van der Waals surface area contributed by atoms with Crippen LogP contribution in [0.15, 0.2) is 28.7 Å². The van der Waals surface area contributed by atoms with E-state index in [1.54, 1.807) is 0 Å². The molecule has 1 aromatic carbocycles. The Labute approximate surface area is 107 Å². The highest BCUT2D eigenvalue weighted by Gasteiger charge is 2.16. The lowest BCUT2D eigenvalue weighted by molar-refractivity contribution is 0.141. The van der Waals surface area contributed by atoms with E-state index in [9.17, 15) is 0 Å². The molecule has 96 valence electrons. The van der Waals surface area contributed by atoms with Crippen LogP contribution in [0.4, 0.5) is 5.69 Å². The number of benzene rings is 1. The molecule has 4 nitrogen and oxygen atoms in total. The molecule has 1 saturated heterocycles. The van der Waals surface area contributed by atoms with Gasteiger partial charge in [0, 0.05) is 31.6 Å². The van der Waals surface area contributed by atoms with E-state index < -0.39 is 0 Å². The third-order valence-corrected chi connectivity index (χ3v) is 3.60. The van der Waals surface area contributed by atoms with Crippen LogP contribution in [0.25, 0.3) is 11.0 Å². The number of piperazine rings is 1. The third kappa shape index (κ3) is 2.21. The fourth-order valence-electron chi connectivity index (χ4n) is 2.44. The van der Waals surface area contributed by atoms with Crippen molar-refractivity contribution in [2.24, 2.45) is 0 Å². The standard InChI is InChI=1S/C14H19N3O/c1-16-5-7-17(8-6-16)10-12-9-11-3-2-4-13(15)14(11)18-12/h2-4,9H,5-8,10,15H2,1H3. The second kappa shape index (κ2) is 4.63. The molecule has 0 saturated carbocycles. The van der Waals surface area contributed by atoms with Crippen LogP contribution in [-0.2, 0) is 6.54 Å². The first-order chi connectivity index (χ1) is 8.72. The van der Waals surface area contributed by atoms with E-state index in [-0.39, 0.29) is 0 Å². The van der Waals surface area contributed by atoms with Crippen molar-refractivity contribution >= 4 is 16.7 Å². The normalized spacial score (nSPS) is 18.5. The molecule has 0 bridgehead atoms. The van der Waals surface area contributed by atoms with Crippen molar-refractivity contribution in [2.45, 2.75) is 6.54 Å². The number of hydrogen-bond donors (Lipinski definition) is 1. The minimum atomic E-state index is 0.720. The van der Waals surface area contributed by atoms with Crippen LogP contribution < -0.4 is 5.73 Å². The highest BCUT2D eigenvalue weighted by Crippen LogP contribution is 2.25. The summed E-state index contributed by atoms with van der Waals surface area (Å²) in [6.07, 6.45) is 0. The van der Waals surface area contributed by atoms with Crippen LogP contribution in [-0.4, -0.2) is 43.0 Å². The van der Waals surface area contributed by atoms with Gasteiger partial charge >= 0.3 is 0 Å². The topological polar surface area (TPSA) is 45.6 Å². The molecule has 18 heavy (non-hydrogen) atoms. The van der Waals surface area contributed by atoms with Crippen LogP contribution in [0.1, 0.15) is 5.76 Å². The Balaban J connectivity index is 1.77. The molecule has 4 heteroatoms. The van der Waals surface area contributed by atoms with Gasteiger partial charge in [-0.05, 0) is 19.2 Å². The Morgan fingerprint density at radius 3 is 2.72 bits per heavy atom. The summed E-state index contributed by atoms with van der Waals surface area (Å²) in [4.78, 5) is 4.78. The SMILES string of the molecule is CN1CCN(Cc2cc3cccc(N)c3o2)CC1. The zero-order chi connectivity index (χ0) is 12.5. The first-order valence-electron chi connectivity index (χ1n) is 6.40. The quantitative estimate of drug-likeness (QED) is 0.819. The number of para-hydroxylation sites is 1. The lowest BCUT2D eigenvalue weighted by Gasteiger charge is -2.31. The van der Waals surface area contributed by atoms with E-state index in [1.165, 1.54) is 0 Å². The number of furan rings is 1. The molecular weight excluding hydrogens is 226 g/mol. The summed E-state index contributed by atoms with van der Waals surface area (Å²) in [5, 5.41) is 1.10. The first-order valence-corrected chi connectivity index (χ1v) is 6.40. The van der Waals surface area contributed by atoms with Crippen LogP contribution in [0.5, 0.6) is 0 Å². The van der Waals surface area contributed by atoms with Crippen LogP contribution in [0, 0.1) is 0 Å². The van der Waals surface area contributed by atoms with Crippen molar-refractivity contribution in [3.8, 4) is 0 Å². The molecule has 2 N–H and O–H groups in total. The summed E-state index contributed by atoms with van der Waals surface area (Å²) in [6, 6.07) is 7.99. The molecule has 0 amide bonds. The maximum absolute atomic E-state index is 5.91. The van der Waals surface area contributed by atoms with Crippen molar-refractivity contribution in [2.75, 3.05) is 39.0 Å². The molecule has 2 aromatic rings. The number of fused-ring (bicyclic) bond motifs is 1. The number of hydrogen-bond acceptors (Lipinski definition) is 4. The minimum Gasteiger partial charge on any atom is -0.458 e. The Morgan fingerprint density at radius 2 is 2.00 bits per heavy atom. The highest BCUT2D eigenvalue weighted by atomic mass is 16.3. The van der Waals surface area contributed by atoms with Crippen LogP contribution in [0.3, 0.4) is 0 Å². The minimum absolute atomic E-state index is 0.720. The molecule has 0 spiro atoms. The second-order valence-electron chi connectivity index (χ2n) is 5.06. The van der Waals surface area contributed by atoms with Gasteiger partial charge in [0.05, 0.1) is 12.2 Å². The summed E-state index contributed by atoms with van der Waals surface area (Å²) in [5.74, 6) is 1.01. The van der Waals surface area contributed by atoms with Crippen molar-refractivity contribution in [3.63, 3.8) is 0 Å². The molecule has 2 heterocycles. The van der Waals surface area contributed by atoms with Gasteiger partial charge in [-0.15, -0.1) is 0 Å². The number of nitrogen functional groups attached to an aromatic ring is 1. The van der Waals surface area contributed by atoms with Crippen LogP contribution in [0.2, 0.25) is 0 Å². The van der Waals surface area contributed by atoms with Crippen LogP contribution >= 0.6 is 0 Å². The maximum Gasteiger partial charge on any atom is 0.157 e. The molecule has 1 aliphatic rings. The van der Waals surface area contributed by atoms with Crippen molar-refractivity contribution in [1.29, 1.82) is 0 Å². The Morgan fingerprint density at radius 1 is 1.22 bits per heavy atom. The van der Waals surface area contributed by atoms with Gasteiger partial charge in [0.2, 0.25) is 0 Å².